The van der Waals surface area contributed by atoms with Gasteiger partial charge >= 0.3 is 0 Å². The van der Waals surface area contributed by atoms with Crippen LogP contribution in [0.5, 0.6) is 0 Å². The van der Waals surface area contributed by atoms with Crippen molar-refractivity contribution in [3.63, 3.8) is 0 Å². The summed E-state index contributed by atoms with van der Waals surface area (Å²) in [6, 6.07) is 20.1. The minimum atomic E-state index is 0. The minimum Gasteiger partial charge on any atom is -1.00 e. The van der Waals surface area contributed by atoms with Gasteiger partial charge in [-0.1, -0.05) is 36.4 Å². The fraction of sp³-hybridized carbons (Fsp3) is 0.316. The number of rotatable bonds is 5. The van der Waals surface area contributed by atoms with E-state index in [0.29, 0.717) is 6.54 Å². The van der Waals surface area contributed by atoms with Crippen molar-refractivity contribution >= 4 is 11.6 Å². The van der Waals surface area contributed by atoms with Gasteiger partial charge in [0.2, 0.25) is 0 Å². The molecule has 1 fully saturated rings. The Balaban J connectivity index is 0.00000192. The number of hydrogen-bond acceptors (Lipinski definition) is 1. The van der Waals surface area contributed by atoms with Gasteiger partial charge in [-0.25, -0.2) is 0 Å². The molecule has 1 aliphatic heterocycles. The number of likely N-dealkylation sites (tertiary alicyclic amines) is 1. The standard InChI is InChI=1S/C19H22N2O.BrH/c22-19(17-9-3-1-4-10-17)20-13-16-21(14-7-8-15-21)18-11-5-2-6-12-18;/h1-6,9-12H,7-8,13-16H2;1H. The van der Waals surface area contributed by atoms with Gasteiger partial charge in [0.15, 0.2) is 0 Å². The van der Waals surface area contributed by atoms with E-state index in [-0.39, 0.29) is 22.9 Å². The molecule has 0 aromatic heterocycles. The van der Waals surface area contributed by atoms with Gasteiger partial charge in [0.05, 0.1) is 19.6 Å². The highest BCUT2D eigenvalue weighted by molar-refractivity contribution is 5.94. The SMILES string of the molecule is O=C(NCC[N+]1(c2ccccc2)CCCC1)c1ccccc1.[Br-]. The quantitative estimate of drug-likeness (QED) is 0.745. The number of quaternary nitrogens is 1. The Hall–Kier alpha value is -1.65. The van der Waals surface area contributed by atoms with Crippen LogP contribution >= 0.6 is 0 Å². The molecule has 0 radical (unpaired) electrons. The molecule has 0 saturated carbocycles. The van der Waals surface area contributed by atoms with Crippen LogP contribution in [0.3, 0.4) is 0 Å². The fourth-order valence-electron chi connectivity index (χ4n) is 3.37. The zero-order valence-corrected chi connectivity index (χ0v) is 14.8. The molecular formula is C19H23BrN2O. The van der Waals surface area contributed by atoms with Gasteiger partial charge in [-0.05, 0) is 24.3 Å². The average molecular weight is 375 g/mol. The zero-order valence-electron chi connectivity index (χ0n) is 13.2. The highest BCUT2D eigenvalue weighted by Gasteiger charge is 2.33. The molecule has 0 unspecified atom stereocenters. The molecule has 2 aromatic carbocycles. The lowest BCUT2D eigenvalue weighted by molar-refractivity contribution is -0.0000129. The lowest BCUT2D eigenvalue weighted by atomic mass is 10.2. The maximum absolute atomic E-state index is 12.1. The van der Waals surface area contributed by atoms with Crippen molar-refractivity contribution in [2.24, 2.45) is 0 Å². The number of hydrogen-bond donors (Lipinski definition) is 1. The highest BCUT2D eigenvalue weighted by atomic mass is 79.9. The van der Waals surface area contributed by atoms with Crippen molar-refractivity contribution in [1.82, 2.24) is 9.80 Å². The lowest BCUT2D eigenvalue weighted by Gasteiger charge is -2.33. The topological polar surface area (TPSA) is 29.1 Å². The first-order chi connectivity index (χ1) is 10.8. The van der Waals surface area contributed by atoms with Gasteiger partial charge in [-0.3, -0.25) is 9.28 Å². The molecule has 0 atom stereocenters. The van der Waals surface area contributed by atoms with E-state index in [0.717, 1.165) is 16.6 Å². The van der Waals surface area contributed by atoms with Crippen molar-refractivity contribution in [3.8, 4) is 0 Å². The van der Waals surface area contributed by atoms with Crippen LogP contribution in [0.4, 0.5) is 5.69 Å². The predicted octanol–water partition coefficient (Wildman–Crippen LogP) is 0.222. The van der Waals surface area contributed by atoms with E-state index in [1.165, 1.54) is 31.6 Å². The Bertz CT molecular complexity index is 610. The third-order valence-corrected chi connectivity index (χ3v) is 4.59. The molecule has 1 aliphatic rings. The largest absolute Gasteiger partial charge is 1.00 e. The van der Waals surface area contributed by atoms with E-state index < -0.39 is 0 Å². The number of carbonyl (C=O) groups is 1. The summed E-state index contributed by atoms with van der Waals surface area (Å²) in [5, 5.41) is 3.07. The normalized spacial score (nSPS) is 15.7. The average Bonchev–Trinajstić information content (AvgIpc) is 3.06. The third kappa shape index (κ3) is 4.21. The first-order valence-electron chi connectivity index (χ1n) is 8.05. The first-order valence-corrected chi connectivity index (χ1v) is 8.05. The number of para-hydroxylation sites is 1. The predicted molar refractivity (Wildman–Crippen MR) is 90.8 cm³/mol. The molecule has 23 heavy (non-hydrogen) atoms. The second kappa shape index (κ2) is 8.27. The van der Waals surface area contributed by atoms with Crippen molar-refractivity contribution in [2.75, 3.05) is 26.2 Å². The lowest BCUT2D eigenvalue weighted by Crippen LogP contribution is -3.00. The molecule has 2 aromatic rings. The monoisotopic (exact) mass is 374 g/mol. The molecule has 0 spiro atoms. The summed E-state index contributed by atoms with van der Waals surface area (Å²) < 4.78 is 0.996. The Morgan fingerprint density at radius 3 is 2.09 bits per heavy atom. The van der Waals surface area contributed by atoms with E-state index in [2.05, 4.69) is 35.6 Å². The van der Waals surface area contributed by atoms with Crippen molar-refractivity contribution in [3.05, 3.63) is 66.2 Å². The summed E-state index contributed by atoms with van der Waals surface area (Å²) in [7, 11) is 0. The third-order valence-electron chi connectivity index (χ3n) is 4.59. The van der Waals surface area contributed by atoms with Gasteiger partial charge in [-0.15, -0.1) is 0 Å². The number of benzene rings is 2. The summed E-state index contributed by atoms with van der Waals surface area (Å²) in [6.45, 7) is 4.02. The summed E-state index contributed by atoms with van der Waals surface area (Å²) in [6.07, 6.45) is 2.53. The summed E-state index contributed by atoms with van der Waals surface area (Å²) in [5.41, 5.74) is 2.10. The second-order valence-electron chi connectivity index (χ2n) is 5.98. The van der Waals surface area contributed by atoms with E-state index in [1.54, 1.807) is 0 Å². The number of nitrogens with zero attached hydrogens (tertiary/aromatic N) is 1. The van der Waals surface area contributed by atoms with E-state index >= 15 is 0 Å². The minimum absolute atomic E-state index is 0. The highest BCUT2D eigenvalue weighted by Crippen LogP contribution is 2.28. The van der Waals surface area contributed by atoms with E-state index in [1.807, 2.05) is 30.3 Å². The van der Waals surface area contributed by atoms with Gasteiger partial charge < -0.3 is 22.3 Å². The molecular weight excluding hydrogens is 352 g/mol. The van der Waals surface area contributed by atoms with Crippen LogP contribution in [0.15, 0.2) is 60.7 Å². The number of nitrogens with one attached hydrogen (secondary N) is 1. The fourth-order valence-corrected chi connectivity index (χ4v) is 3.37. The van der Waals surface area contributed by atoms with Crippen LogP contribution in [-0.2, 0) is 0 Å². The summed E-state index contributed by atoms with van der Waals surface area (Å²) in [4.78, 5) is 12.1. The van der Waals surface area contributed by atoms with Crippen molar-refractivity contribution in [1.29, 1.82) is 0 Å². The van der Waals surface area contributed by atoms with Crippen LogP contribution in [-0.4, -0.2) is 32.1 Å². The Morgan fingerprint density at radius 1 is 0.913 bits per heavy atom. The summed E-state index contributed by atoms with van der Waals surface area (Å²) >= 11 is 0. The van der Waals surface area contributed by atoms with Gasteiger partial charge in [-0.2, -0.15) is 0 Å². The molecule has 122 valence electrons. The molecule has 0 bridgehead atoms. The summed E-state index contributed by atoms with van der Waals surface area (Å²) in [5.74, 6) is 0.0195. The molecule has 4 heteroatoms. The molecule has 1 N–H and O–H groups in total. The number of halogens is 1. The molecule has 3 nitrogen and oxygen atoms in total. The number of amides is 1. The van der Waals surface area contributed by atoms with Crippen LogP contribution in [0.25, 0.3) is 0 Å². The van der Waals surface area contributed by atoms with E-state index in [4.69, 9.17) is 0 Å². The second-order valence-corrected chi connectivity index (χ2v) is 5.98. The Kier molecular flexibility index (Phi) is 6.37. The smallest absolute Gasteiger partial charge is 0.251 e. The van der Waals surface area contributed by atoms with Crippen LogP contribution in [0, 0.1) is 0 Å². The van der Waals surface area contributed by atoms with E-state index in [9.17, 15) is 4.79 Å². The Labute approximate surface area is 148 Å². The molecule has 1 amide bonds. The molecule has 1 saturated heterocycles. The maximum atomic E-state index is 12.1. The zero-order chi connectivity index (χ0) is 15.3. The van der Waals surface area contributed by atoms with Crippen LogP contribution in [0.1, 0.15) is 23.2 Å². The molecule has 1 heterocycles. The van der Waals surface area contributed by atoms with Gasteiger partial charge in [0.1, 0.15) is 12.2 Å². The van der Waals surface area contributed by atoms with Crippen molar-refractivity contribution < 1.29 is 21.8 Å². The molecule has 0 aliphatic carbocycles. The molecule has 3 rings (SSSR count). The van der Waals surface area contributed by atoms with Crippen molar-refractivity contribution in [2.45, 2.75) is 12.8 Å². The number of carbonyl (C=O) groups excluding carboxylic acids is 1. The van der Waals surface area contributed by atoms with Gasteiger partial charge in [0.25, 0.3) is 5.91 Å². The maximum Gasteiger partial charge on any atom is 0.251 e. The van der Waals surface area contributed by atoms with Crippen LogP contribution < -0.4 is 26.8 Å². The first kappa shape index (κ1) is 17.7. The van der Waals surface area contributed by atoms with Gasteiger partial charge in [0, 0.05) is 18.4 Å². The Morgan fingerprint density at radius 2 is 1.48 bits per heavy atom. The van der Waals surface area contributed by atoms with Crippen LogP contribution in [0.2, 0.25) is 0 Å².